The van der Waals surface area contributed by atoms with E-state index >= 15 is 0 Å². The highest BCUT2D eigenvalue weighted by molar-refractivity contribution is 5.37. The van der Waals surface area contributed by atoms with Gasteiger partial charge in [-0.2, -0.15) is 4.98 Å². The number of hydrogen-bond acceptors (Lipinski definition) is 5. The van der Waals surface area contributed by atoms with Crippen LogP contribution in [-0.2, 0) is 0 Å². The molecule has 0 saturated heterocycles. The zero-order valence-electron chi connectivity index (χ0n) is 10.2. The number of nitrogens with two attached hydrogens (primary N) is 1. The lowest BCUT2D eigenvalue weighted by Crippen LogP contribution is -2.31. The summed E-state index contributed by atoms with van der Waals surface area (Å²) in [5, 5.41) is 0. The Morgan fingerprint density at radius 3 is 2.88 bits per heavy atom. The lowest BCUT2D eigenvalue weighted by molar-refractivity contribution is 0.325. The summed E-state index contributed by atoms with van der Waals surface area (Å²) < 4.78 is 5.31. The van der Waals surface area contributed by atoms with Crippen molar-refractivity contribution in [3.63, 3.8) is 0 Å². The quantitative estimate of drug-likeness (QED) is 0.782. The van der Waals surface area contributed by atoms with E-state index in [1.54, 1.807) is 12.4 Å². The van der Waals surface area contributed by atoms with Gasteiger partial charge in [-0.25, -0.2) is 0 Å². The molecule has 0 saturated carbocycles. The normalized spacial score (nSPS) is 12.2. The van der Waals surface area contributed by atoms with E-state index < -0.39 is 0 Å². The van der Waals surface area contributed by atoms with E-state index in [0.717, 1.165) is 12.2 Å². The first-order chi connectivity index (χ1) is 7.69. The van der Waals surface area contributed by atoms with Gasteiger partial charge in [0.2, 0.25) is 5.88 Å². The molecule has 0 bridgehead atoms. The summed E-state index contributed by atoms with van der Waals surface area (Å²) in [4.78, 5) is 10.5. The molecule has 2 N–H and O–H groups in total. The van der Waals surface area contributed by atoms with Crippen LogP contribution >= 0.6 is 0 Å². The number of hydrogen-bond donors (Lipinski definition) is 1. The first-order valence-corrected chi connectivity index (χ1v) is 5.56. The van der Waals surface area contributed by atoms with Crippen LogP contribution in [0.3, 0.4) is 0 Å². The van der Waals surface area contributed by atoms with Crippen LogP contribution in [0, 0.1) is 0 Å². The van der Waals surface area contributed by atoms with E-state index in [9.17, 15) is 0 Å². The lowest BCUT2D eigenvalue weighted by atomic mass is 10.2. The van der Waals surface area contributed by atoms with Gasteiger partial charge in [0.15, 0.2) is 5.82 Å². The summed E-state index contributed by atoms with van der Waals surface area (Å²) in [7, 11) is 1.99. The first-order valence-electron chi connectivity index (χ1n) is 5.56. The van der Waals surface area contributed by atoms with E-state index in [1.807, 2.05) is 14.0 Å². The summed E-state index contributed by atoms with van der Waals surface area (Å²) in [6.07, 6.45) is 4.28. The summed E-state index contributed by atoms with van der Waals surface area (Å²) in [6.45, 7) is 5.31. The average molecular weight is 224 g/mol. The Labute approximate surface area is 96.6 Å². The largest absolute Gasteiger partial charge is 0.477 e. The van der Waals surface area contributed by atoms with Gasteiger partial charge in [-0.05, 0) is 26.8 Å². The molecule has 0 radical (unpaired) electrons. The highest BCUT2D eigenvalue weighted by Crippen LogP contribution is 2.15. The maximum absolute atomic E-state index is 5.54. The van der Waals surface area contributed by atoms with Gasteiger partial charge in [-0.15, -0.1) is 0 Å². The Hall–Kier alpha value is -1.36. The van der Waals surface area contributed by atoms with Crippen LogP contribution in [0.1, 0.15) is 20.3 Å². The Kier molecular flexibility index (Phi) is 4.98. The summed E-state index contributed by atoms with van der Waals surface area (Å²) in [6, 6.07) is 0.344. The zero-order valence-corrected chi connectivity index (χ0v) is 10.2. The molecule has 1 aromatic rings. The summed E-state index contributed by atoms with van der Waals surface area (Å²) in [5.41, 5.74) is 5.54. The van der Waals surface area contributed by atoms with Gasteiger partial charge in [0, 0.05) is 13.1 Å². The van der Waals surface area contributed by atoms with E-state index in [-0.39, 0.29) is 0 Å². The second-order valence-corrected chi connectivity index (χ2v) is 3.69. The minimum Gasteiger partial charge on any atom is -0.477 e. The third-order valence-corrected chi connectivity index (χ3v) is 2.50. The fourth-order valence-electron chi connectivity index (χ4n) is 1.39. The van der Waals surface area contributed by atoms with Gasteiger partial charge in [0.05, 0.1) is 19.0 Å². The van der Waals surface area contributed by atoms with Gasteiger partial charge in [-0.1, -0.05) is 0 Å². The molecule has 5 heteroatoms. The predicted molar refractivity (Wildman–Crippen MR) is 64.7 cm³/mol. The Bertz CT molecular complexity index is 319. The number of rotatable bonds is 6. The SMILES string of the molecule is CCOc1cncc(N(C)C(C)CCN)n1. The van der Waals surface area contributed by atoms with Gasteiger partial charge in [-0.3, -0.25) is 4.98 Å². The van der Waals surface area contributed by atoms with E-state index in [0.29, 0.717) is 25.1 Å². The van der Waals surface area contributed by atoms with Crippen molar-refractivity contribution in [1.29, 1.82) is 0 Å². The molecule has 1 heterocycles. The van der Waals surface area contributed by atoms with Crippen molar-refractivity contribution in [2.75, 3.05) is 25.1 Å². The van der Waals surface area contributed by atoms with Crippen molar-refractivity contribution >= 4 is 5.82 Å². The van der Waals surface area contributed by atoms with Crippen LogP contribution in [0.15, 0.2) is 12.4 Å². The van der Waals surface area contributed by atoms with Crippen LogP contribution in [-0.4, -0.2) is 36.2 Å². The molecule has 0 fully saturated rings. The summed E-state index contributed by atoms with van der Waals surface area (Å²) >= 11 is 0. The Morgan fingerprint density at radius 2 is 2.25 bits per heavy atom. The monoisotopic (exact) mass is 224 g/mol. The van der Waals surface area contributed by atoms with Crippen LogP contribution in [0.2, 0.25) is 0 Å². The zero-order chi connectivity index (χ0) is 12.0. The minimum atomic E-state index is 0.344. The smallest absolute Gasteiger partial charge is 0.234 e. The van der Waals surface area contributed by atoms with Gasteiger partial charge in [0.25, 0.3) is 0 Å². The highest BCUT2D eigenvalue weighted by atomic mass is 16.5. The fraction of sp³-hybridized carbons (Fsp3) is 0.636. The fourth-order valence-corrected chi connectivity index (χ4v) is 1.39. The minimum absolute atomic E-state index is 0.344. The standard InChI is InChI=1S/C11H20N4O/c1-4-16-11-8-13-7-10(14-11)15(3)9(2)5-6-12/h7-9H,4-6,12H2,1-3H3. The highest BCUT2D eigenvalue weighted by Gasteiger charge is 2.11. The first kappa shape index (κ1) is 12.7. The van der Waals surface area contributed by atoms with E-state index in [1.165, 1.54) is 0 Å². The molecule has 0 aromatic carbocycles. The number of ether oxygens (including phenoxy) is 1. The molecule has 0 spiro atoms. The topological polar surface area (TPSA) is 64.3 Å². The molecule has 1 atom stereocenters. The second kappa shape index (κ2) is 6.27. The lowest BCUT2D eigenvalue weighted by Gasteiger charge is -2.25. The van der Waals surface area contributed by atoms with Crippen molar-refractivity contribution in [1.82, 2.24) is 9.97 Å². The summed E-state index contributed by atoms with van der Waals surface area (Å²) in [5.74, 6) is 1.37. The van der Waals surface area contributed by atoms with Crippen molar-refractivity contribution in [2.45, 2.75) is 26.3 Å². The number of nitrogens with zero attached hydrogens (tertiary/aromatic N) is 3. The molecule has 1 unspecified atom stereocenters. The maximum atomic E-state index is 5.54. The van der Waals surface area contributed by atoms with Gasteiger partial charge in [0.1, 0.15) is 0 Å². The molecular weight excluding hydrogens is 204 g/mol. The molecule has 1 rings (SSSR count). The molecule has 1 aromatic heterocycles. The molecule has 5 nitrogen and oxygen atoms in total. The van der Waals surface area contributed by atoms with Crippen LogP contribution in [0.5, 0.6) is 5.88 Å². The Balaban J connectivity index is 2.74. The average Bonchev–Trinajstić information content (AvgIpc) is 2.29. The number of aromatic nitrogens is 2. The second-order valence-electron chi connectivity index (χ2n) is 3.69. The van der Waals surface area contributed by atoms with Crippen molar-refractivity contribution < 1.29 is 4.74 Å². The molecular formula is C11H20N4O. The predicted octanol–water partition coefficient (Wildman–Crippen LogP) is 1.05. The molecule has 0 aliphatic carbocycles. The molecule has 0 aliphatic rings. The maximum Gasteiger partial charge on any atom is 0.234 e. The Morgan fingerprint density at radius 1 is 1.50 bits per heavy atom. The molecule has 16 heavy (non-hydrogen) atoms. The molecule has 0 aliphatic heterocycles. The molecule has 0 amide bonds. The van der Waals surface area contributed by atoms with Crippen LogP contribution < -0.4 is 15.4 Å². The van der Waals surface area contributed by atoms with Crippen molar-refractivity contribution in [3.05, 3.63) is 12.4 Å². The van der Waals surface area contributed by atoms with E-state index in [2.05, 4.69) is 21.8 Å². The van der Waals surface area contributed by atoms with Crippen molar-refractivity contribution in [2.24, 2.45) is 5.73 Å². The molecule has 90 valence electrons. The van der Waals surface area contributed by atoms with Gasteiger partial charge >= 0.3 is 0 Å². The van der Waals surface area contributed by atoms with E-state index in [4.69, 9.17) is 10.5 Å². The van der Waals surface area contributed by atoms with Crippen LogP contribution in [0.4, 0.5) is 5.82 Å². The van der Waals surface area contributed by atoms with Crippen LogP contribution in [0.25, 0.3) is 0 Å². The number of anilines is 1. The third kappa shape index (κ3) is 3.34. The third-order valence-electron chi connectivity index (χ3n) is 2.50. The van der Waals surface area contributed by atoms with Gasteiger partial charge < -0.3 is 15.4 Å². The van der Waals surface area contributed by atoms with Crippen molar-refractivity contribution in [3.8, 4) is 5.88 Å².